The number of nitrogens with one attached hydrogen (secondary N) is 2. The van der Waals surface area contributed by atoms with E-state index in [2.05, 4.69) is 189 Å². The zero-order chi connectivity index (χ0) is 59.1. The molecular weight excluding hydrogens is 1000 g/mol. The number of anilines is 2. The SMILES string of the molecule is C.C.CC(C)COc1cncc(C(C)C)n1.CC(C)Nc1ccc(C(C)C)cn1.CC(C)Nc1cccc(C(C)C)n1.CC(C)c1cccc(C(F)F)c1.CC(C)c1cncc(OCC(C)(C)C)n1.COc1ccc(C(C)C)cn1. The van der Waals surface area contributed by atoms with Gasteiger partial charge in [0.05, 0.1) is 44.1 Å². The van der Waals surface area contributed by atoms with Crippen LogP contribution in [0.4, 0.5) is 20.4 Å². The summed E-state index contributed by atoms with van der Waals surface area (Å²) in [5.74, 6) is 7.04. The zero-order valence-corrected chi connectivity index (χ0v) is 51.6. The third kappa shape index (κ3) is 34.0. The smallest absolute Gasteiger partial charge is 0.263 e. The zero-order valence-electron chi connectivity index (χ0n) is 51.6. The van der Waals surface area contributed by atoms with Crippen molar-refractivity contribution in [3.05, 3.63) is 143 Å². The van der Waals surface area contributed by atoms with Crippen molar-refractivity contribution in [1.29, 1.82) is 0 Å². The van der Waals surface area contributed by atoms with Crippen LogP contribution in [0.2, 0.25) is 0 Å². The minimum Gasteiger partial charge on any atom is -0.481 e. The highest BCUT2D eigenvalue weighted by Crippen LogP contribution is 2.24. The van der Waals surface area contributed by atoms with Crippen molar-refractivity contribution in [2.45, 2.75) is 214 Å². The highest BCUT2D eigenvalue weighted by atomic mass is 19.3. The second-order valence-corrected chi connectivity index (χ2v) is 23.2. The summed E-state index contributed by atoms with van der Waals surface area (Å²) in [6, 6.07) is 21.7. The van der Waals surface area contributed by atoms with E-state index in [0.717, 1.165) is 34.3 Å². The summed E-state index contributed by atoms with van der Waals surface area (Å²) in [6.45, 7) is 45.7. The molecular formula is C66H107F2N9O3. The van der Waals surface area contributed by atoms with E-state index in [1.54, 1.807) is 44.0 Å². The molecule has 0 aliphatic rings. The van der Waals surface area contributed by atoms with Crippen LogP contribution in [0.3, 0.4) is 0 Å². The molecule has 6 rings (SSSR count). The quantitative estimate of drug-likeness (QED) is 0.0898. The van der Waals surface area contributed by atoms with Crippen LogP contribution in [0.1, 0.15) is 242 Å². The van der Waals surface area contributed by atoms with E-state index in [1.807, 2.05) is 62.6 Å². The Hall–Kier alpha value is -6.31. The van der Waals surface area contributed by atoms with Crippen LogP contribution in [-0.2, 0) is 0 Å². The number of hydrogen-bond donors (Lipinski definition) is 2. The van der Waals surface area contributed by atoms with Crippen LogP contribution in [0.15, 0.2) is 104 Å². The Balaban J connectivity index is 0. The Labute approximate surface area is 485 Å². The molecule has 0 radical (unpaired) electrons. The fraction of sp³-hybridized carbons (Fsp3) is 0.561. The lowest BCUT2D eigenvalue weighted by Crippen LogP contribution is -2.17. The van der Waals surface area contributed by atoms with Gasteiger partial charge in [-0.2, -0.15) is 0 Å². The summed E-state index contributed by atoms with van der Waals surface area (Å²) < 4.78 is 40.4. The fourth-order valence-corrected chi connectivity index (χ4v) is 6.15. The van der Waals surface area contributed by atoms with E-state index >= 15 is 0 Å². The van der Waals surface area contributed by atoms with Crippen LogP contribution in [0.25, 0.3) is 0 Å². The molecule has 14 heteroatoms. The molecule has 80 heavy (non-hydrogen) atoms. The monoisotopic (exact) mass is 1110 g/mol. The van der Waals surface area contributed by atoms with Crippen LogP contribution in [-0.4, -0.2) is 67.3 Å². The Morgan fingerprint density at radius 3 is 1.31 bits per heavy atom. The Kier molecular flexibility index (Phi) is 37.8. The minimum absolute atomic E-state index is 0. The maximum atomic E-state index is 12.2. The Morgan fingerprint density at radius 1 is 0.450 bits per heavy atom. The lowest BCUT2D eigenvalue weighted by molar-refractivity contribution is 0.151. The van der Waals surface area contributed by atoms with Crippen molar-refractivity contribution in [3.8, 4) is 17.6 Å². The molecule has 0 aliphatic heterocycles. The molecule has 0 amide bonds. The van der Waals surface area contributed by atoms with Crippen molar-refractivity contribution < 1.29 is 23.0 Å². The van der Waals surface area contributed by atoms with Crippen LogP contribution in [0, 0.1) is 11.3 Å². The van der Waals surface area contributed by atoms with Gasteiger partial charge in [0.25, 0.3) is 6.43 Å². The highest BCUT2D eigenvalue weighted by molar-refractivity contribution is 5.37. The largest absolute Gasteiger partial charge is 0.481 e. The topological polar surface area (TPSA) is 142 Å². The Bertz CT molecular complexity index is 2470. The van der Waals surface area contributed by atoms with Gasteiger partial charge in [-0.25, -0.2) is 33.7 Å². The summed E-state index contributed by atoms with van der Waals surface area (Å²) in [5.41, 5.74) is 6.85. The van der Waals surface area contributed by atoms with Gasteiger partial charge in [0.15, 0.2) is 0 Å². The van der Waals surface area contributed by atoms with E-state index in [9.17, 15) is 8.78 Å². The maximum Gasteiger partial charge on any atom is 0.263 e. The Morgan fingerprint density at radius 2 is 0.912 bits per heavy atom. The first kappa shape index (κ1) is 75.8. The first-order chi connectivity index (χ1) is 36.5. The average Bonchev–Trinajstić information content (AvgIpc) is 3.38. The second kappa shape index (κ2) is 40.0. The van der Waals surface area contributed by atoms with Crippen LogP contribution in [0.5, 0.6) is 17.6 Å². The molecule has 0 aliphatic carbocycles. The number of alkyl halides is 2. The van der Waals surface area contributed by atoms with E-state index in [4.69, 9.17) is 14.2 Å². The van der Waals surface area contributed by atoms with E-state index < -0.39 is 6.43 Å². The number of benzene rings is 1. The number of pyridine rings is 3. The normalized spacial score (nSPS) is 10.8. The van der Waals surface area contributed by atoms with Gasteiger partial charge in [0, 0.05) is 54.2 Å². The van der Waals surface area contributed by atoms with Crippen LogP contribution >= 0.6 is 0 Å². The van der Waals surface area contributed by atoms with Crippen molar-refractivity contribution in [1.82, 2.24) is 34.9 Å². The molecule has 0 bridgehead atoms. The standard InChI is InChI=1S/C12H20N2O.C11H18N2O.2C11H18N2.C10H12F2.C9H13NO.2CH4/c1-9(2)10-6-13-7-11(14-10)15-8-12(3,4)5;1-8(2)7-14-11-6-12-5-10(13-11)9(3)4;1-8(2)10-5-6-11(12-7-10)13-9(3)4;1-8(2)10-6-5-7-11(13-10)12-9(3)4;1-7(2)8-4-3-5-9(6-8)10(11)12;1-7(2)8-4-5-9(11-3)10-6-8;;/h6-7,9H,8H2,1-5H3;5-6,8-9H,7H2,1-4H3;2*5-9H,1-4H3,(H,12,13);3-7,10H,1-2H3;4-7H,1-3H3;2*1H4. The average molecular weight is 1110 g/mol. The van der Waals surface area contributed by atoms with Gasteiger partial charge in [0.2, 0.25) is 17.6 Å². The molecule has 2 N–H and O–H groups in total. The fourth-order valence-electron chi connectivity index (χ4n) is 6.15. The first-order valence-corrected chi connectivity index (χ1v) is 27.7. The number of hydrogen-bond acceptors (Lipinski definition) is 12. The molecule has 6 aromatic rings. The van der Waals surface area contributed by atoms with E-state index in [0.29, 0.717) is 84.4 Å². The van der Waals surface area contributed by atoms with Gasteiger partial charge in [-0.3, -0.25) is 9.97 Å². The molecule has 12 nitrogen and oxygen atoms in total. The summed E-state index contributed by atoms with van der Waals surface area (Å²) in [7, 11) is 1.62. The van der Waals surface area contributed by atoms with E-state index in [-0.39, 0.29) is 25.8 Å². The van der Waals surface area contributed by atoms with Crippen LogP contribution < -0.4 is 24.8 Å². The number of halogens is 2. The predicted molar refractivity (Wildman–Crippen MR) is 336 cm³/mol. The molecule has 5 aromatic heterocycles. The number of nitrogens with zero attached hydrogens (tertiary/aromatic N) is 7. The van der Waals surface area contributed by atoms with Crippen molar-refractivity contribution in [3.63, 3.8) is 0 Å². The third-order valence-corrected chi connectivity index (χ3v) is 10.8. The molecule has 448 valence electrons. The summed E-state index contributed by atoms with van der Waals surface area (Å²) in [6.07, 6.45) is 8.33. The predicted octanol–water partition coefficient (Wildman–Crippen LogP) is 18.9. The maximum absolute atomic E-state index is 12.2. The lowest BCUT2D eigenvalue weighted by atomic mass is 9.99. The number of methoxy groups -OCH3 is 1. The van der Waals surface area contributed by atoms with Gasteiger partial charge in [-0.15, -0.1) is 0 Å². The van der Waals surface area contributed by atoms with Gasteiger partial charge in [-0.05, 0) is 115 Å². The number of ether oxygens (including phenoxy) is 3. The molecule has 1 aromatic carbocycles. The van der Waals surface area contributed by atoms with Crippen molar-refractivity contribution in [2.24, 2.45) is 11.3 Å². The van der Waals surface area contributed by atoms with Gasteiger partial charge >= 0.3 is 0 Å². The minimum atomic E-state index is -2.36. The molecule has 0 atom stereocenters. The summed E-state index contributed by atoms with van der Waals surface area (Å²) >= 11 is 0. The molecule has 0 saturated heterocycles. The second-order valence-electron chi connectivity index (χ2n) is 23.2. The summed E-state index contributed by atoms with van der Waals surface area (Å²) in [5, 5.41) is 6.55. The van der Waals surface area contributed by atoms with E-state index in [1.165, 1.54) is 17.2 Å². The first-order valence-electron chi connectivity index (χ1n) is 27.7. The highest BCUT2D eigenvalue weighted by Gasteiger charge is 2.13. The third-order valence-electron chi connectivity index (χ3n) is 10.8. The van der Waals surface area contributed by atoms with Gasteiger partial charge < -0.3 is 24.8 Å². The molecule has 0 saturated carbocycles. The summed E-state index contributed by atoms with van der Waals surface area (Å²) in [4.78, 5) is 29.9. The lowest BCUT2D eigenvalue weighted by Gasteiger charge is -2.18. The molecule has 0 unspecified atom stereocenters. The number of aromatic nitrogens is 7. The van der Waals surface area contributed by atoms with Crippen molar-refractivity contribution >= 4 is 11.6 Å². The molecule has 5 heterocycles. The number of rotatable bonds is 17. The molecule has 0 spiro atoms. The molecule has 0 fully saturated rings. The van der Waals surface area contributed by atoms with Crippen molar-refractivity contribution in [2.75, 3.05) is 31.0 Å². The van der Waals surface area contributed by atoms with Gasteiger partial charge in [0.1, 0.15) is 11.6 Å². The van der Waals surface area contributed by atoms with Gasteiger partial charge in [-0.1, -0.05) is 169 Å².